The lowest BCUT2D eigenvalue weighted by Crippen LogP contribution is -2.40. The lowest BCUT2D eigenvalue weighted by molar-refractivity contribution is -0.122. The standard InChI is InChI=1S/C17H17N3O3S/c1-10-8-13-15(24-10)19-17(23)20(16(13)22)9-14(21)18-11(2)12-6-4-3-5-7-12/h3-8,11H,9H2,1-2H3,(H,18,21)(H,19,23). The van der Waals surface area contributed by atoms with E-state index in [1.54, 1.807) is 6.07 Å². The van der Waals surface area contributed by atoms with Crippen LogP contribution in [0.3, 0.4) is 0 Å². The number of carbonyl (C=O) groups is 1. The molecule has 0 radical (unpaired) electrons. The number of aromatic nitrogens is 2. The lowest BCUT2D eigenvalue weighted by atomic mass is 10.1. The smallest absolute Gasteiger partial charge is 0.329 e. The largest absolute Gasteiger partial charge is 0.348 e. The summed E-state index contributed by atoms with van der Waals surface area (Å²) in [5, 5.41) is 3.24. The molecular formula is C17H17N3O3S. The van der Waals surface area contributed by atoms with Crippen LogP contribution in [-0.4, -0.2) is 15.5 Å². The number of nitrogens with zero attached hydrogens (tertiary/aromatic N) is 1. The molecule has 0 bridgehead atoms. The van der Waals surface area contributed by atoms with Crippen molar-refractivity contribution in [3.05, 3.63) is 67.7 Å². The van der Waals surface area contributed by atoms with Gasteiger partial charge in [0.15, 0.2) is 0 Å². The minimum absolute atomic E-state index is 0.208. The Morgan fingerprint density at radius 2 is 2.00 bits per heavy atom. The number of fused-ring (bicyclic) bond motifs is 1. The highest BCUT2D eigenvalue weighted by molar-refractivity contribution is 7.18. The normalized spacial score (nSPS) is 12.2. The monoisotopic (exact) mass is 343 g/mol. The lowest BCUT2D eigenvalue weighted by Gasteiger charge is -2.14. The predicted molar refractivity (Wildman–Crippen MR) is 94.4 cm³/mol. The predicted octanol–water partition coefficient (Wildman–Crippen LogP) is 1.94. The van der Waals surface area contributed by atoms with Crippen molar-refractivity contribution < 1.29 is 4.79 Å². The molecule has 1 unspecified atom stereocenters. The molecule has 0 saturated carbocycles. The second-order valence-corrected chi connectivity index (χ2v) is 6.88. The van der Waals surface area contributed by atoms with E-state index in [2.05, 4.69) is 10.3 Å². The van der Waals surface area contributed by atoms with Crippen molar-refractivity contribution in [2.75, 3.05) is 0 Å². The van der Waals surface area contributed by atoms with Gasteiger partial charge < -0.3 is 5.32 Å². The van der Waals surface area contributed by atoms with Crippen LogP contribution < -0.4 is 16.6 Å². The van der Waals surface area contributed by atoms with Crippen molar-refractivity contribution in [2.45, 2.75) is 26.4 Å². The molecule has 0 saturated heterocycles. The van der Waals surface area contributed by atoms with Gasteiger partial charge in [0.05, 0.1) is 11.4 Å². The highest BCUT2D eigenvalue weighted by Crippen LogP contribution is 2.18. The number of hydrogen-bond donors (Lipinski definition) is 2. The van der Waals surface area contributed by atoms with E-state index < -0.39 is 11.2 Å². The average Bonchev–Trinajstić information content (AvgIpc) is 2.92. The fraction of sp³-hybridized carbons (Fsp3) is 0.235. The molecule has 24 heavy (non-hydrogen) atoms. The van der Waals surface area contributed by atoms with E-state index >= 15 is 0 Å². The second kappa shape index (κ2) is 6.45. The van der Waals surface area contributed by atoms with Crippen LogP contribution in [0.2, 0.25) is 0 Å². The van der Waals surface area contributed by atoms with E-state index in [0.717, 1.165) is 15.0 Å². The maximum absolute atomic E-state index is 12.4. The van der Waals surface area contributed by atoms with Crippen LogP contribution in [0.5, 0.6) is 0 Å². The number of hydrogen-bond acceptors (Lipinski definition) is 4. The number of aromatic amines is 1. The molecule has 1 atom stereocenters. The Labute approximate surface area is 141 Å². The van der Waals surface area contributed by atoms with Gasteiger partial charge in [0.1, 0.15) is 11.4 Å². The summed E-state index contributed by atoms with van der Waals surface area (Å²) < 4.78 is 0.932. The molecule has 6 nitrogen and oxygen atoms in total. The zero-order valence-corrected chi connectivity index (χ0v) is 14.1. The Kier molecular flexibility index (Phi) is 4.35. The third-order valence-corrected chi connectivity index (χ3v) is 4.74. The van der Waals surface area contributed by atoms with E-state index in [-0.39, 0.29) is 18.5 Å². The summed E-state index contributed by atoms with van der Waals surface area (Å²) in [6.07, 6.45) is 0. The maximum Gasteiger partial charge on any atom is 0.329 e. The van der Waals surface area contributed by atoms with Crippen molar-refractivity contribution >= 4 is 27.5 Å². The summed E-state index contributed by atoms with van der Waals surface area (Å²) in [6.45, 7) is 3.41. The number of rotatable bonds is 4. The Hall–Kier alpha value is -2.67. The molecule has 7 heteroatoms. The summed E-state index contributed by atoms with van der Waals surface area (Å²) in [4.78, 5) is 40.9. The molecule has 3 rings (SSSR count). The molecule has 3 aromatic rings. The third-order valence-electron chi connectivity index (χ3n) is 3.78. The van der Waals surface area contributed by atoms with Crippen LogP contribution in [0.25, 0.3) is 10.2 Å². The van der Waals surface area contributed by atoms with Gasteiger partial charge in [0, 0.05) is 4.88 Å². The molecule has 124 valence electrons. The van der Waals surface area contributed by atoms with Gasteiger partial charge >= 0.3 is 5.69 Å². The van der Waals surface area contributed by atoms with Crippen LogP contribution in [0.1, 0.15) is 23.4 Å². The van der Waals surface area contributed by atoms with Crippen LogP contribution in [-0.2, 0) is 11.3 Å². The van der Waals surface area contributed by atoms with E-state index in [1.165, 1.54) is 11.3 Å². The molecule has 0 aliphatic carbocycles. The van der Waals surface area contributed by atoms with Crippen LogP contribution in [0, 0.1) is 6.92 Å². The fourth-order valence-corrected chi connectivity index (χ4v) is 3.46. The number of nitrogens with one attached hydrogen (secondary N) is 2. The van der Waals surface area contributed by atoms with Crippen molar-refractivity contribution in [1.82, 2.24) is 14.9 Å². The molecular weight excluding hydrogens is 326 g/mol. The van der Waals surface area contributed by atoms with Gasteiger partial charge in [-0.25, -0.2) is 4.79 Å². The molecule has 2 heterocycles. The van der Waals surface area contributed by atoms with E-state index in [4.69, 9.17) is 0 Å². The average molecular weight is 343 g/mol. The first-order valence-corrected chi connectivity index (χ1v) is 8.35. The van der Waals surface area contributed by atoms with Gasteiger partial charge in [-0.1, -0.05) is 30.3 Å². The third kappa shape index (κ3) is 3.16. The second-order valence-electron chi connectivity index (χ2n) is 5.62. The Morgan fingerprint density at radius 1 is 1.29 bits per heavy atom. The van der Waals surface area contributed by atoms with Crippen molar-refractivity contribution in [1.29, 1.82) is 0 Å². The molecule has 1 aromatic carbocycles. The van der Waals surface area contributed by atoms with Gasteiger partial charge in [0.25, 0.3) is 5.56 Å². The van der Waals surface area contributed by atoms with Gasteiger partial charge in [-0.05, 0) is 25.5 Å². The Balaban J connectivity index is 1.83. The maximum atomic E-state index is 12.4. The summed E-state index contributed by atoms with van der Waals surface area (Å²) >= 11 is 1.35. The topological polar surface area (TPSA) is 84.0 Å². The van der Waals surface area contributed by atoms with Gasteiger partial charge in [-0.3, -0.25) is 19.1 Å². The van der Waals surface area contributed by atoms with Crippen molar-refractivity contribution in [3.63, 3.8) is 0 Å². The number of amides is 1. The first-order chi connectivity index (χ1) is 11.5. The minimum atomic E-state index is -0.572. The first-order valence-electron chi connectivity index (χ1n) is 7.53. The molecule has 2 aromatic heterocycles. The van der Waals surface area contributed by atoms with Gasteiger partial charge in [0.2, 0.25) is 5.91 Å². The van der Waals surface area contributed by atoms with Gasteiger partial charge in [-0.2, -0.15) is 0 Å². The number of H-pyrrole nitrogens is 1. The number of benzene rings is 1. The summed E-state index contributed by atoms with van der Waals surface area (Å²) in [5.41, 5.74) is -0.0616. The van der Waals surface area contributed by atoms with Crippen LogP contribution >= 0.6 is 11.3 Å². The molecule has 2 N–H and O–H groups in total. The zero-order valence-electron chi connectivity index (χ0n) is 13.3. The summed E-state index contributed by atoms with van der Waals surface area (Å²) in [5.74, 6) is -0.384. The molecule has 0 spiro atoms. The fourth-order valence-electron chi connectivity index (χ4n) is 2.57. The zero-order chi connectivity index (χ0) is 17.3. The first kappa shape index (κ1) is 16.2. The van der Waals surface area contributed by atoms with Gasteiger partial charge in [-0.15, -0.1) is 11.3 Å². The quantitative estimate of drug-likeness (QED) is 0.759. The van der Waals surface area contributed by atoms with Crippen molar-refractivity contribution in [2.24, 2.45) is 0 Å². The molecule has 0 aliphatic heterocycles. The number of thiophene rings is 1. The highest BCUT2D eigenvalue weighted by Gasteiger charge is 2.15. The van der Waals surface area contributed by atoms with Crippen molar-refractivity contribution in [3.8, 4) is 0 Å². The molecule has 0 fully saturated rings. The minimum Gasteiger partial charge on any atom is -0.348 e. The van der Waals surface area contributed by atoms with E-state index in [0.29, 0.717) is 10.2 Å². The molecule has 1 amide bonds. The summed E-state index contributed by atoms with van der Waals surface area (Å²) in [7, 11) is 0. The van der Waals surface area contributed by atoms with Crippen LogP contribution in [0.4, 0.5) is 0 Å². The Bertz CT molecular complexity index is 1000. The van der Waals surface area contributed by atoms with E-state index in [1.807, 2.05) is 44.2 Å². The summed E-state index contributed by atoms with van der Waals surface area (Å²) in [6, 6.07) is 11.0. The van der Waals surface area contributed by atoms with Crippen LogP contribution in [0.15, 0.2) is 46.0 Å². The number of aryl methyl sites for hydroxylation is 1. The van der Waals surface area contributed by atoms with E-state index in [9.17, 15) is 14.4 Å². The number of carbonyl (C=O) groups excluding carboxylic acids is 1. The SMILES string of the molecule is Cc1cc2c(=O)n(CC(=O)NC(C)c3ccccc3)c(=O)[nH]c2s1. The molecule has 0 aliphatic rings. The highest BCUT2D eigenvalue weighted by atomic mass is 32.1. The Morgan fingerprint density at radius 3 is 2.71 bits per heavy atom.